The van der Waals surface area contributed by atoms with Crippen molar-refractivity contribution < 1.29 is 0 Å². The number of fused-ring (bicyclic) bond motifs is 1. The quantitative estimate of drug-likeness (QED) is 0.929. The molecule has 0 radical (unpaired) electrons. The van der Waals surface area contributed by atoms with Crippen LogP contribution in [0, 0.1) is 0 Å². The minimum atomic E-state index is 0.448. The molecule has 20 heavy (non-hydrogen) atoms. The summed E-state index contributed by atoms with van der Waals surface area (Å²) in [6.07, 6.45) is 9.59. The van der Waals surface area contributed by atoms with Gasteiger partial charge in [0.2, 0.25) is 0 Å². The van der Waals surface area contributed by atoms with E-state index in [0.717, 1.165) is 25.2 Å². The summed E-state index contributed by atoms with van der Waals surface area (Å²) in [5.74, 6) is 1.63. The van der Waals surface area contributed by atoms with E-state index in [2.05, 4.69) is 37.2 Å². The van der Waals surface area contributed by atoms with Crippen molar-refractivity contribution in [3.8, 4) is 0 Å². The van der Waals surface area contributed by atoms with E-state index in [0.29, 0.717) is 12.0 Å². The van der Waals surface area contributed by atoms with Crippen molar-refractivity contribution in [3.63, 3.8) is 0 Å². The van der Waals surface area contributed by atoms with Gasteiger partial charge in [-0.1, -0.05) is 6.42 Å². The molecule has 1 N–H and O–H groups in total. The Morgan fingerprint density at radius 2 is 2.15 bits per heavy atom. The monoisotopic (exact) mass is 269 g/mol. The maximum Gasteiger partial charge on any atom is 0.129 e. The van der Waals surface area contributed by atoms with Crippen molar-refractivity contribution in [2.45, 2.75) is 50.6 Å². The third-order valence-corrected chi connectivity index (χ3v) is 4.51. The second-order valence-electron chi connectivity index (χ2n) is 5.84. The van der Waals surface area contributed by atoms with Crippen LogP contribution in [-0.2, 0) is 13.0 Å². The Kier molecular flexibility index (Phi) is 2.90. The van der Waals surface area contributed by atoms with Crippen LogP contribution < -0.4 is 5.32 Å². The minimum absolute atomic E-state index is 0.448. The van der Waals surface area contributed by atoms with Gasteiger partial charge in [0.1, 0.15) is 12.1 Å². The van der Waals surface area contributed by atoms with Gasteiger partial charge in [0.25, 0.3) is 0 Å². The molecule has 2 aromatic rings. The number of aryl methyl sites for hydroxylation is 1. The van der Waals surface area contributed by atoms with Gasteiger partial charge in [0.15, 0.2) is 0 Å². The molecule has 1 saturated carbocycles. The molecule has 1 unspecified atom stereocenters. The molecule has 1 aliphatic heterocycles. The molecular weight excluding hydrogens is 250 g/mol. The Morgan fingerprint density at radius 3 is 3.00 bits per heavy atom. The fraction of sp³-hybridized carbons (Fsp3) is 0.533. The van der Waals surface area contributed by atoms with Crippen molar-refractivity contribution in [1.82, 2.24) is 19.7 Å². The average molecular weight is 269 g/mol. The summed E-state index contributed by atoms with van der Waals surface area (Å²) in [6.45, 7) is 0.987. The van der Waals surface area contributed by atoms with Gasteiger partial charge in [-0.3, -0.25) is 4.68 Å². The number of aromatic nitrogens is 4. The molecule has 0 bridgehead atoms. The predicted octanol–water partition coefficient (Wildman–Crippen LogP) is 2.37. The first-order chi connectivity index (χ1) is 9.88. The van der Waals surface area contributed by atoms with Crippen molar-refractivity contribution in [2.24, 2.45) is 0 Å². The zero-order chi connectivity index (χ0) is 13.4. The van der Waals surface area contributed by atoms with Crippen LogP contribution >= 0.6 is 0 Å². The average Bonchev–Trinajstić information content (AvgIpc) is 2.84. The molecule has 1 fully saturated rings. The predicted molar refractivity (Wildman–Crippen MR) is 76.6 cm³/mol. The first-order valence-corrected chi connectivity index (χ1v) is 7.47. The third-order valence-electron chi connectivity index (χ3n) is 4.51. The van der Waals surface area contributed by atoms with E-state index in [9.17, 15) is 0 Å². The molecule has 0 spiro atoms. The number of nitrogens with zero attached hydrogens (tertiary/aromatic N) is 4. The minimum Gasteiger partial charge on any atom is -0.367 e. The van der Waals surface area contributed by atoms with E-state index in [4.69, 9.17) is 0 Å². The Bertz CT molecular complexity index is 602. The zero-order valence-corrected chi connectivity index (χ0v) is 11.5. The molecule has 2 aliphatic rings. The van der Waals surface area contributed by atoms with Crippen molar-refractivity contribution in [2.75, 3.05) is 5.32 Å². The van der Waals surface area contributed by atoms with Crippen molar-refractivity contribution in [3.05, 3.63) is 36.0 Å². The van der Waals surface area contributed by atoms with Crippen LogP contribution in [0.25, 0.3) is 0 Å². The highest BCUT2D eigenvalue weighted by atomic mass is 15.3. The van der Waals surface area contributed by atoms with Gasteiger partial charge in [-0.15, -0.1) is 0 Å². The van der Waals surface area contributed by atoms with Crippen LogP contribution in [0.4, 0.5) is 5.82 Å². The Morgan fingerprint density at radius 1 is 1.20 bits per heavy atom. The highest BCUT2D eigenvalue weighted by molar-refractivity contribution is 5.38. The van der Waals surface area contributed by atoms with Crippen LogP contribution in [0.15, 0.2) is 24.7 Å². The van der Waals surface area contributed by atoms with Crippen LogP contribution in [0.1, 0.15) is 43.0 Å². The van der Waals surface area contributed by atoms with Gasteiger partial charge in [0, 0.05) is 48.6 Å². The van der Waals surface area contributed by atoms with E-state index in [1.54, 1.807) is 6.33 Å². The number of nitrogens with one attached hydrogen (secondary N) is 1. The van der Waals surface area contributed by atoms with E-state index in [1.807, 2.05) is 6.20 Å². The Labute approximate surface area is 118 Å². The standard InChI is InChI=1S/C15H19N5/c1-2-11(3-1)14-9-15(17-10-16-14)19-12-5-7-20-13(8-12)4-6-18-20/h4,6,9-12H,1-3,5,7-8H2,(H,16,17,19). The van der Waals surface area contributed by atoms with Gasteiger partial charge in [-0.25, -0.2) is 9.97 Å². The maximum absolute atomic E-state index is 4.42. The molecule has 1 atom stereocenters. The lowest BCUT2D eigenvalue weighted by atomic mass is 9.83. The lowest BCUT2D eigenvalue weighted by molar-refractivity contribution is 0.410. The normalized spacial score (nSPS) is 22.1. The lowest BCUT2D eigenvalue weighted by Gasteiger charge is -2.27. The van der Waals surface area contributed by atoms with Crippen LogP contribution in [-0.4, -0.2) is 25.8 Å². The summed E-state index contributed by atoms with van der Waals surface area (Å²) in [5, 5.41) is 7.88. The van der Waals surface area contributed by atoms with Gasteiger partial charge in [-0.2, -0.15) is 5.10 Å². The highest BCUT2D eigenvalue weighted by Gasteiger charge is 2.22. The summed E-state index contributed by atoms with van der Waals surface area (Å²) >= 11 is 0. The first-order valence-electron chi connectivity index (χ1n) is 7.47. The molecule has 0 saturated heterocycles. The van der Waals surface area contributed by atoms with Crippen LogP contribution in [0.2, 0.25) is 0 Å². The fourth-order valence-electron chi connectivity index (χ4n) is 3.08. The molecule has 1 aliphatic carbocycles. The van der Waals surface area contributed by atoms with Crippen molar-refractivity contribution >= 4 is 5.82 Å². The van der Waals surface area contributed by atoms with Gasteiger partial charge < -0.3 is 5.32 Å². The highest BCUT2D eigenvalue weighted by Crippen LogP contribution is 2.35. The van der Waals surface area contributed by atoms with E-state index >= 15 is 0 Å². The summed E-state index contributed by atoms with van der Waals surface area (Å²) in [4.78, 5) is 8.79. The second kappa shape index (κ2) is 4.89. The SMILES string of the molecule is c1nc(NC2CCn3nccc3C2)cc(C2CCC2)n1. The van der Waals surface area contributed by atoms with E-state index in [1.165, 1.54) is 30.7 Å². The second-order valence-corrected chi connectivity index (χ2v) is 5.84. The van der Waals surface area contributed by atoms with Gasteiger partial charge in [0.05, 0.1) is 0 Å². The van der Waals surface area contributed by atoms with Crippen LogP contribution in [0.3, 0.4) is 0 Å². The number of hydrogen-bond donors (Lipinski definition) is 1. The molecule has 2 aromatic heterocycles. The molecule has 0 aromatic carbocycles. The lowest BCUT2D eigenvalue weighted by Crippen LogP contribution is -2.30. The molecule has 4 rings (SSSR count). The summed E-state index contributed by atoms with van der Waals surface area (Å²) < 4.78 is 2.10. The third kappa shape index (κ3) is 2.17. The number of rotatable bonds is 3. The fourth-order valence-corrected chi connectivity index (χ4v) is 3.08. The van der Waals surface area contributed by atoms with E-state index < -0.39 is 0 Å². The Hall–Kier alpha value is -1.91. The summed E-state index contributed by atoms with van der Waals surface area (Å²) in [5.41, 5.74) is 2.51. The maximum atomic E-state index is 4.42. The van der Waals surface area contributed by atoms with E-state index in [-0.39, 0.29) is 0 Å². The van der Waals surface area contributed by atoms with Gasteiger partial charge >= 0.3 is 0 Å². The zero-order valence-electron chi connectivity index (χ0n) is 11.5. The molecule has 5 nitrogen and oxygen atoms in total. The molecule has 3 heterocycles. The first kappa shape index (κ1) is 11.9. The van der Waals surface area contributed by atoms with Crippen LogP contribution in [0.5, 0.6) is 0 Å². The smallest absolute Gasteiger partial charge is 0.129 e. The van der Waals surface area contributed by atoms with Gasteiger partial charge in [-0.05, 0) is 25.3 Å². The topological polar surface area (TPSA) is 55.6 Å². The van der Waals surface area contributed by atoms with Crippen molar-refractivity contribution in [1.29, 1.82) is 0 Å². The largest absolute Gasteiger partial charge is 0.367 e. The molecular formula is C15H19N5. The molecule has 0 amide bonds. The Balaban J connectivity index is 1.46. The number of hydrogen-bond acceptors (Lipinski definition) is 4. The molecule has 5 heteroatoms. The molecule has 104 valence electrons. The number of anilines is 1. The summed E-state index contributed by atoms with van der Waals surface area (Å²) in [6, 6.07) is 4.69. The summed E-state index contributed by atoms with van der Waals surface area (Å²) in [7, 11) is 0.